The first-order valence-corrected chi connectivity index (χ1v) is 9.49. The van der Waals surface area contributed by atoms with Gasteiger partial charge in [-0.25, -0.2) is 4.98 Å². The van der Waals surface area contributed by atoms with Gasteiger partial charge in [-0.1, -0.05) is 11.8 Å². The lowest BCUT2D eigenvalue weighted by Gasteiger charge is -2.09. The number of thioether (sulfide) groups is 1. The molecule has 0 aliphatic rings. The zero-order chi connectivity index (χ0) is 19.2. The zero-order valence-electron chi connectivity index (χ0n) is 15.4. The molecule has 3 rings (SSSR count). The predicted octanol–water partition coefficient (Wildman–Crippen LogP) is 4.24. The van der Waals surface area contributed by atoms with E-state index in [0.717, 1.165) is 17.1 Å². The van der Waals surface area contributed by atoms with Crippen molar-refractivity contribution in [3.63, 3.8) is 0 Å². The van der Waals surface area contributed by atoms with E-state index in [4.69, 9.17) is 9.47 Å². The quantitative estimate of drug-likeness (QED) is 0.463. The number of nitrogens with zero attached hydrogens (tertiary/aromatic N) is 2. The molecule has 6 nitrogen and oxygen atoms in total. The number of hydrogen-bond acceptors (Lipinski definition) is 6. The van der Waals surface area contributed by atoms with Crippen molar-refractivity contribution in [3.8, 4) is 22.9 Å². The van der Waals surface area contributed by atoms with Crippen molar-refractivity contribution in [1.29, 1.82) is 0 Å². The van der Waals surface area contributed by atoms with E-state index in [0.29, 0.717) is 23.2 Å². The second kappa shape index (κ2) is 8.73. The molecular formula is C20H21N3O3S. The molecule has 0 bridgehead atoms. The number of H-pyrrole nitrogens is 1. The summed E-state index contributed by atoms with van der Waals surface area (Å²) < 4.78 is 10.6. The van der Waals surface area contributed by atoms with E-state index in [1.165, 1.54) is 11.8 Å². The minimum atomic E-state index is -0.303. The van der Waals surface area contributed by atoms with Crippen LogP contribution in [0.2, 0.25) is 0 Å². The van der Waals surface area contributed by atoms with Crippen molar-refractivity contribution in [2.45, 2.75) is 24.3 Å². The van der Waals surface area contributed by atoms with Gasteiger partial charge in [0, 0.05) is 11.1 Å². The van der Waals surface area contributed by atoms with Gasteiger partial charge in [0.15, 0.2) is 11.6 Å². The highest BCUT2D eigenvalue weighted by Gasteiger charge is 2.19. The molecule has 0 radical (unpaired) electrons. The molecule has 1 heterocycles. The summed E-state index contributed by atoms with van der Waals surface area (Å²) >= 11 is 1.33. The normalized spacial score (nSPS) is 11.8. The van der Waals surface area contributed by atoms with E-state index >= 15 is 0 Å². The molecule has 0 aliphatic heterocycles. The summed E-state index contributed by atoms with van der Waals surface area (Å²) in [7, 11) is 1.63. The maximum Gasteiger partial charge on any atom is 0.209 e. The van der Waals surface area contributed by atoms with E-state index in [2.05, 4.69) is 15.2 Å². The fraction of sp³-hybridized carbons (Fsp3) is 0.250. The van der Waals surface area contributed by atoms with E-state index < -0.39 is 0 Å². The summed E-state index contributed by atoms with van der Waals surface area (Å²) in [6.45, 7) is 4.38. The number of carbonyl (C=O) groups is 1. The SMILES string of the molecule is CCOc1ccc(C(=O)[C@H](C)Sc2n[nH]c(-c3ccc(OC)cc3)n2)cc1. The standard InChI is InChI=1S/C20H21N3O3S/c1-4-26-17-11-5-14(6-12-17)18(24)13(2)27-20-21-19(22-23-20)15-7-9-16(25-3)10-8-15/h5-13H,4H2,1-3H3,(H,21,22,23)/t13-/m0/s1. The van der Waals surface area contributed by atoms with Crippen LogP contribution in [0.25, 0.3) is 11.4 Å². The summed E-state index contributed by atoms with van der Waals surface area (Å²) in [5.74, 6) is 2.22. The Bertz CT molecular complexity index is 892. The first kappa shape index (κ1) is 19.0. The summed E-state index contributed by atoms with van der Waals surface area (Å²) in [5, 5.41) is 7.36. The Morgan fingerprint density at radius 3 is 2.41 bits per heavy atom. The topological polar surface area (TPSA) is 77.1 Å². The molecule has 7 heteroatoms. The first-order valence-electron chi connectivity index (χ1n) is 8.61. The van der Waals surface area contributed by atoms with Gasteiger partial charge < -0.3 is 9.47 Å². The summed E-state index contributed by atoms with van der Waals surface area (Å²) in [4.78, 5) is 17.1. The van der Waals surface area contributed by atoms with Gasteiger partial charge in [-0.3, -0.25) is 9.89 Å². The smallest absolute Gasteiger partial charge is 0.209 e. The Balaban J connectivity index is 1.65. The summed E-state index contributed by atoms with van der Waals surface area (Å²) in [6, 6.07) is 14.7. The van der Waals surface area contributed by atoms with Crippen LogP contribution in [-0.2, 0) is 0 Å². The number of nitrogens with one attached hydrogen (secondary N) is 1. The number of ketones is 1. The van der Waals surface area contributed by atoms with Crippen molar-refractivity contribution < 1.29 is 14.3 Å². The van der Waals surface area contributed by atoms with Crippen LogP contribution >= 0.6 is 11.8 Å². The summed E-state index contributed by atoms with van der Waals surface area (Å²) in [5.41, 5.74) is 1.55. The van der Waals surface area contributed by atoms with Crippen molar-refractivity contribution in [2.24, 2.45) is 0 Å². The van der Waals surface area contributed by atoms with Crippen molar-refractivity contribution in [2.75, 3.05) is 13.7 Å². The Hall–Kier alpha value is -2.80. The van der Waals surface area contributed by atoms with E-state index in [9.17, 15) is 4.79 Å². The number of methoxy groups -OCH3 is 1. The van der Waals surface area contributed by atoms with Gasteiger partial charge in [0.2, 0.25) is 5.16 Å². The van der Waals surface area contributed by atoms with Crippen LogP contribution < -0.4 is 9.47 Å². The van der Waals surface area contributed by atoms with Crippen LogP contribution in [0.1, 0.15) is 24.2 Å². The molecule has 27 heavy (non-hydrogen) atoms. The third kappa shape index (κ3) is 4.68. The molecule has 0 amide bonds. The van der Waals surface area contributed by atoms with Gasteiger partial charge >= 0.3 is 0 Å². The van der Waals surface area contributed by atoms with Crippen LogP contribution in [0, 0.1) is 0 Å². The highest BCUT2D eigenvalue weighted by atomic mass is 32.2. The molecule has 140 valence electrons. The molecule has 0 fully saturated rings. The van der Waals surface area contributed by atoms with Gasteiger partial charge in [0.1, 0.15) is 11.5 Å². The number of carbonyl (C=O) groups excluding carboxylic acids is 1. The average Bonchev–Trinajstić information content (AvgIpc) is 3.17. The molecule has 0 aliphatic carbocycles. The number of rotatable bonds is 8. The molecule has 2 aromatic carbocycles. The second-order valence-electron chi connectivity index (χ2n) is 5.78. The third-order valence-corrected chi connectivity index (χ3v) is 4.89. The van der Waals surface area contributed by atoms with Gasteiger partial charge in [-0.05, 0) is 62.4 Å². The lowest BCUT2D eigenvalue weighted by molar-refractivity contribution is 0.0994. The van der Waals surface area contributed by atoms with E-state index in [1.807, 2.05) is 50.2 Å². The van der Waals surface area contributed by atoms with E-state index in [-0.39, 0.29) is 11.0 Å². The monoisotopic (exact) mass is 383 g/mol. The molecule has 1 aromatic heterocycles. The Kier molecular flexibility index (Phi) is 6.13. The van der Waals surface area contributed by atoms with Gasteiger partial charge in [0.25, 0.3) is 0 Å². The minimum Gasteiger partial charge on any atom is -0.497 e. The molecule has 0 spiro atoms. The van der Waals surface area contributed by atoms with Gasteiger partial charge in [-0.2, -0.15) is 0 Å². The molecule has 0 unspecified atom stereocenters. The Morgan fingerprint density at radius 2 is 1.78 bits per heavy atom. The number of aromatic nitrogens is 3. The number of hydrogen-bond donors (Lipinski definition) is 1. The number of Topliss-reactive ketones (excluding diaryl/α,β-unsaturated/α-hetero) is 1. The molecule has 0 saturated heterocycles. The first-order chi connectivity index (χ1) is 13.1. The molecule has 3 aromatic rings. The van der Waals surface area contributed by atoms with Gasteiger partial charge in [-0.15, -0.1) is 5.10 Å². The van der Waals surface area contributed by atoms with Crippen molar-refractivity contribution in [3.05, 3.63) is 54.1 Å². The van der Waals surface area contributed by atoms with Crippen LogP contribution in [-0.4, -0.2) is 39.9 Å². The average molecular weight is 383 g/mol. The third-order valence-electron chi connectivity index (χ3n) is 3.93. The fourth-order valence-electron chi connectivity index (χ4n) is 2.51. The van der Waals surface area contributed by atoms with Crippen molar-refractivity contribution in [1.82, 2.24) is 15.2 Å². The fourth-order valence-corrected chi connectivity index (χ4v) is 3.31. The Morgan fingerprint density at radius 1 is 1.11 bits per heavy atom. The Labute approximate surface area is 162 Å². The highest BCUT2D eigenvalue weighted by molar-refractivity contribution is 8.00. The predicted molar refractivity (Wildman–Crippen MR) is 106 cm³/mol. The molecule has 1 atom stereocenters. The number of aromatic amines is 1. The van der Waals surface area contributed by atoms with Crippen LogP contribution in [0.3, 0.4) is 0 Å². The van der Waals surface area contributed by atoms with Crippen LogP contribution in [0.4, 0.5) is 0 Å². The number of ether oxygens (including phenoxy) is 2. The van der Waals surface area contributed by atoms with Crippen LogP contribution in [0.5, 0.6) is 11.5 Å². The second-order valence-corrected chi connectivity index (χ2v) is 7.08. The molecule has 1 N–H and O–H groups in total. The summed E-state index contributed by atoms with van der Waals surface area (Å²) in [6.07, 6.45) is 0. The largest absolute Gasteiger partial charge is 0.497 e. The van der Waals surface area contributed by atoms with Gasteiger partial charge in [0.05, 0.1) is 19.0 Å². The maximum absolute atomic E-state index is 12.6. The van der Waals surface area contributed by atoms with E-state index in [1.54, 1.807) is 19.2 Å². The number of benzene rings is 2. The lowest BCUT2D eigenvalue weighted by atomic mass is 10.1. The van der Waals surface area contributed by atoms with Crippen molar-refractivity contribution >= 4 is 17.5 Å². The zero-order valence-corrected chi connectivity index (χ0v) is 16.2. The molecule has 0 saturated carbocycles. The minimum absolute atomic E-state index is 0.0267. The van der Waals surface area contributed by atoms with Crippen LogP contribution in [0.15, 0.2) is 53.7 Å². The highest BCUT2D eigenvalue weighted by Crippen LogP contribution is 2.26. The molecular weight excluding hydrogens is 362 g/mol. The maximum atomic E-state index is 12.6. The lowest BCUT2D eigenvalue weighted by Crippen LogP contribution is -2.13.